The second kappa shape index (κ2) is 7.43. The Bertz CT molecular complexity index is 1090. The van der Waals surface area contributed by atoms with Crippen LogP contribution in [0, 0.1) is 36.2 Å². The highest BCUT2D eigenvalue weighted by atomic mass is 19.2. The SMILES string of the molecule is CC#CC(=O)N[C@@H]1CCC=C(c2c(F)c(F)c(C(N)=O)c3[nH]c(C)c(F)c23)C1. The summed E-state index contributed by atoms with van der Waals surface area (Å²) in [6.45, 7) is 2.92. The molecule has 2 aromatic rings. The quantitative estimate of drug-likeness (QED) is 0.705. The molecule has 0 bridgehead atoms. The predicted molar refractivity (Wildman–Crippen MR) is 98.6 cm³/mol. The number of halogens is 3. The van der Waals surface area contributed by atoms with Gasteiger partial charge < -0.3 is 16.0 Å². The molecule has 0 saturated carbocycles. The number of carbonyl (C=O) groups is 2. The lowest BCUT2D eigenvalue weighted by atomic mass is 9.87. The fourth-order valence-corrected chi connectivity index (χ4v) is 3.57. The van der Waals surface area contributed by atoms with Crippen molar-refractivity contribution in [3.63, 3.8) is 0 Å². The summed E-state index contributed by atoms with van der Waals surface area (Å²) in [5, 5.41) is 2.48. The highest BCUT2D eigenvalue weighted by Crippen LogP contribution is 2.39. The van der Waals surface area contributed by atoms with Crippen LogP contribution in [-0.2, 0) is 4.79 Å². The lowest BCUT2D eigenvalue weighted by molar-refractivity contribution is -0.116. The third-order valence-corrected chi connectivity index (χ3v) is 4.76. The lowest BCUT2D eigenvalue weighted by Gasteiger charge is -2.24. The van der Waals surface area contributed by atoms with E-state index in [1.165, 1.54) is 13.8 Å². The molecule has 0 fully saturated rings. The highest BCUT2D eigenvalue weighted by molar-refractivity contribution is 6.08. The van der Waals surface area contributed by atoms with Crippen LogP contribution in [-0.4, -0.2) is 22.8 Å². The number of fused-ring (bicyclic) bond motifs is 1. The van der Waals surface area contributed by atoms with E-state index in [9.17, 15) is 22.8 Å². The number of amides is 2. The molecule has 0 aliphatic heterocycles. The molecule has 1 aliphatic carbocycles. The number of allylic oxidation sites excluding steroid dienone is 1. The number of hydrogen-bond donors (Lipinski definition) is 3. The summed E-state index contributed by atoms with van der Waals surface area (Å²) in [6, 6.07) is -0.357. The van der Waals surface area contributed by atoms with Crippen LogP contribution in [0.5, 0.6) is 0 Å². The van der Waals surface area contributed by atoms with E-state index in [1.807, 2.05) is 0 Å². The maximum atomic E-state index is 14.9. The predicted octanol–water partition coefficient (Wildman–Crippen LogP) is 3.07. The Labute approximate surface area is 159 Å². The molecule has 0 spiro atoms. The number of nitrogens with one attached hydrogen (secondary N) is 2. The zero-order valence-electron chi connectivity index (χ0n) is 15.3. The first kappa shape index (κ1) is 19.5. The van der Waals surface area contributed by atoms with E-state index in [4.69, 9.17) is 5.73 Å². The second-order valence-corrected chi connectivity index (χ2v) is 6.61. The van der Waals surface area contributed by atoms with Crippen molar-refractivity contribution in [3.05, 3.63) is 40.3 Å². The standard InChI is InChI=1S/C20H18F3N3O2/c1-3-5-12(27)26-11-7-4-6-10(8-11)13-14-16(21)9(2)25-19(14)15(20(24)28)18(23)17(13)22/h6,11,25H,4,7-8H2,1-2H3,(H2,24,28)(H,26,27)/t11-/m1/s1. The van der Waals surface area contributed by atoms with Gasteiger partial charge >= 0.3 is 0 Å². The van der Waals surface area contributed by atoms with Crippen molar-refractivity contribution in [2.75, 3.05) is 0 Å². The van der Waals surface area contributed by atoms with Gasteiger partial charge in [-0.3, -0.25) is 9.59 Å². The van der Waals surface area contributed by atoms with Crippen LogP contribution in [0.1, 0.15) is 47.8 Å². The van der Waals surface area contributed by atoms with Crippen LogP contribution >= 0.6 is 0 Å². The minimum Gasteiger partial charge on any atom is -0.365 e. The number of rotatable bonds is 3. The van der Waals surface area contributed by atoms with Crippen LogP contribution < -0.4 is 11.1 Å². The van der Waals surface area contributed by atoms with Gasteiger partial charge in [-0.1, -0.05) is 12.0 Å². The van der Waals surface area contributed by atoms with E-state index in [2.05, 4.69) is 22.1 Å². The van der Waals surface area contributed by atoms with Gasteiger partial charge in [0.1, 0.15) is 5.56 Å². The first-order chi connectivity index (χ1) is 13.3. The Kier molecular flexibility index (Phi) is 5.18. The molecule has 0 unspecified atom stereocenters. The van der Waals surface area contributed by atoms with Crippen LogP contribution in [0.3, 0.4) is 0 Å². The Morgan fingerprint density at radius 2 is 1.96 bits per heavy atom. The number of H-pyrrole nitrogens is 1. The van der Waals surface area contributed by atoms with Crippen LogP contribution in [0.15, 0.2) is 6.08 Å². The molecule has 3 rings (SSSR count). The number of aryl methyl sites for hydroxylation is 1. The molecule has 8 heteroatoms. The minimum atomic E-state index is -1.43. The number of primary amides is 1. The molecular formula is C20H18F3N3O2. The molecule has 1 aromatic carbocycles. The van der Waals surface area contributed by atoms with Gasteiger partial charge in [0.05, 0.1) is 5.52 Å². The van der Waals surface area contributed by atoms with Crippen molar-refractivity contribution < 1.29 is 22.8 Å². The van der Waals surface area contributed by atoms with Gasteiger partial charge in [0.25, 0.3) is 11.8 Å². The Hall–Kier alpha value is -3.21. The average Bonchev–Trinajstić information content (AvgIpc) is 2.91. The summed E-state index contributed by atoms with van der Waals surface area (Å²) < 4.78 is 44.3. The number of nitrogens with two attached hydrogens (primary N) is 1. The lowest BCUT2D eigenvalue weighted by Crippen LogP contribution is -2.35. The zero-order valence-corrected chi connectivity index (χ0v) is 15.3. The zero-order chi connectivity index (χ0) is 20.6. The van der Waals surface area contributed by atoms with Crippen molar-refractivity contribution in [1.82, 2.24) is 10.3 Å². The van der Waals surface area contributed by atoms with E-state index in [0.717, 1.165) is 0 Å². The molecule has 1 heterocycles. The fourth-order valence-electron chi connectivity index (χ4n) is 3.57. The molecule has 0 saturated heterocycles. The number of carbonyl (C=O) groups excluding carboxylic acids is 2. The highest BCUT2D eigenvalue weighted by Gasteiger charge is 2.30. The summed E-state index contributed by atoms with van der Waals surface area (Å²) >= 11 is 0. The summed E-state index contributed by atoms with van der Waals surface area (Å²) in [5.74, 6) is -0.383. The largest absolute Gasteiger partial charge is 0.365 e. The summed E-state index contributed by atoms with van der Waals surface area (Å²) in [7, 11) is 0. The van der Waals surface area contributed by atoms with E-state index in [-0.39, 0.29) is 34.6 Å². The monoisotopic (exact) mass is 389 g/mol. The molecule has 1 atom stereocenters. The van der Waals surface area contributed by atoms with Crippen LogP contribution in [0.2, 0.25) is 0 Å². The number of aromatic amines is 1. The molecule has 5 nitrogen and oxygen atoms in total. The number of hydrogen-bond acceptors (Lipinski definition) is 2. The van der Waals surface area contributed by atoms with Gasteiger partial charge in [-0.15, -0.1) is 0 Å². The van der Waals surface area contributed by atoms with Gasteiger partial charge in [-0.05, 0) is 44.6 Å². The Balaban J connectivity index is 2.15. The first-order valence-corrected chi connectivity index (χ1v) is 8.67. The van der Waals surface area contributed by atoms with E-state index in [0.29, 0.717) is 18.4 Å². The van der Waals surface area contributed by atoms with Crippen LogP contribution in [0.4, 0.5) is 13.2 Å². The van der Waals surface area contributed by atoms with E-state index >= 15 is 0 Å². The van der Waals surface area contributed by atoms with Crippen molar-refractivity contribution in [3.8, 4) is 11.8 Å². The normalized spacial score (nSPS) is 16.3. The van der Waals surface area contributed by atoms with Crippen molar-refractivity contribution in [1.29, 1.82) is 0 Å². The second-order valence-electron chi connectivity index (χ2n) is 6.61. The molecular weight excluding hydrogens is 371 g/mol. The summed E-state index contributed by atoms with van der Waals surface area (Å²) in [6.07, 6.45) is 2.91. The maximum absolute atomic E-state index is 14.9. The van der Waals surface area contributed by atoms with Crippen molar-refractivity contribution >= 4 is 28.3 Å². The molecule has 2 amide bonds. The van der Waals surface area contributed by atoms with Gasteiger partial charge in [-0.25, -0.2) is 13.2 Å². The first-order valence-electron chi connectivity index (χ1n) is 8.67. The van der Waals surface area contributed by atoms with E-state index < -0.39 is 34.8 Å². The van der Waals surface area contributed by atoms with E-state index in [1.54, 1.807) is 6.08 Å². The Morgan fingerprint density at radius 1 is 1.25 bits per heavy atom. The third-order valence-electron chi connectivity index (χ3n) is 4.76. The van der Waals surface area contributed by atoms with Crippen molar-refractivity contribution in [2.24, 2.45) is 5.73 Å². The smallest absolute Gasteiger partial charge is 0.296 e. The van der Waals surface area contributed by atoms with Gasteiger partial charge in [-0.2, -0.15) is 0 Å². The number of aromatic nitrogens is 1. The number of benzene rings is 1. The molecule has 146 valence electrons. The Morgan fingerprint density at radius 3 is 2.61 bits per heavy atom. The molecule has 28 heavy (non-hydrogen) atoms. The molecule has 1 aliphatic rings. The maximum Gasteiger partial charge on any atom is 0.296 e. The summed E-state index contributed by atoms with van der Waals surface area (Å²) in [5.41, 5.74) is 4.39. The minimum absolute atomic E-state index is 0.0308. The molecule has 0 radical (unpaired) electrons. The van der Waals surface area contributed by atoms with Gasteiger partial charge in [0, 0.05) is 22.7 Å². The topological polar surface area (TPSA) is 88.0 Å². The molecule has 4 N–H and O–H groups in total. The van der Waals surface area contributed by atoms with Crippen LogP contribution in [0.25, 0.3) is 16.5 Å². The van der Waals surface area contributed by atoms with Crippen molar-refractivity contribution in [2.45, 2.75) is 39.2 Å². The average molecular weight is 389 g/mol. The van der Waals surface area contributed by atoms with Gasteiger partial charge in [0.15, 0.2) is 17.5 Å². The third kappa shape index (κ3) is 3.24. The molecule has 1 aromatic heterocycles. The summed E-state index contributed by atoms with van der Waals surface area (Å²) in [4.78, 5) is 25.9. The fraction of sp³-hybridized carbons (Fsp3) is 0.300. The van der Waals surface area contributed by atoms with Gasteiger partial charge in [0.2, 0.25) is 0 Å².